The Morgan fingerprint density at radius 1 is 1.41 bits per heavy atom. The molecule has 0 amide bonds. The molecule has 0 aromatic carbocycles. The zero-order valence-electron chi connectivity index (χ0n) is 9.96. The van der Waals surface area contributed by atoms with Crippen molar-refractivity contribution in [1.82, 2.24) is 14.5 Å². The van der Waals surface area contributed by atoms with Crippen LogP contribution in [0.3, 0.4) is 0 Å². The maximum Gasteiger partial charge on any atom is 0.132 e. The first kappa shape index (κ1) is 12.5. The van der Waals surface area contributed by atoms with E-state index in [2.05, 4.69) is 45.8 Å². The molecule has 2 aromatic rings. The second-order valence-corrected chi connectivity index (χ2v) is 5.98. The van der Waals surface area contributed by atoms with Crippen LogP contribution in [0.2, 0.25) is 0 Å². The van der Waals surface area contributed by atoms with Gasteiger partial charge in [0.25, 0.3) is 0 Å². The van der Waals surface area contributed by atoms with Gasteiger partial charge in [-0.05, 0) is 25.3 Å². The largest absolute Gasteiger partial charge is 0.388 e. The van der Waals surface area contributed by atoms with Crippen molar-refractivity contribution in [3.8, 4) is 0 Å². The van der Waals surface area contributed by atoms with Gasteiger partial charge in [0.1, 0.15) is 10.7 Å². The molecule has 0 aliphatic rings. The predicted octanol–water partition coefficient (Wildman–Crippen LogP) is 2.59. The molecule has 2 aromatic heterocycles. The number of nitrogen functional groups attached to an aromatic ring is 1. The molecule has 0 bridgehead atoms. The number of hydrogen-bond acceptors (Lipinski definition) is 6. The van der Waals surface area contributed by atoms with E-state index >= 15 is 0 Å². The quantitative estimate of drug-likeness (QED) is 0.905. The Morgan fingerprint density at radius 2 is 2.24 bits per heavy atom. The maximum atomic E-state index is 5.83. The number of anilines is 1. The molecule has 0 atom stereocenters. The van der Waals surface area contributed by atoms with Crippen LogP contribution >= 0.6 is 22.9 Å². The van der Waals surface area contributed by atoms with E-state index in [1.807, 2.05) is 0 Å². The number of thiophene rings is 1. The molecule has 0 radical (unpaired) electrons. The van der Waals surface area contributed by atoms with Crippen LogP contribution in [0.5, 0.6) is 0 Å². The maximum absolute atomic E-state index is 5.83. The third kappa shape index (κ3) is 3.24. The molecule has 0 saturated heterocycles. The summed E-state index contributed by atoms with van der Waals surface area (Å²) >= 11 is 3.04. The zero-order valence-corrected chi connectivity index (χ0v) is 11.6. The fourth-order valence-corrected chi connectivity index (χ4v) is 2.71. The van der Waals surface area contributed by atoms with Crippen molar-refractivity contribution < 1.29 is 0 Å². The Balaban J connectivity index is 2.05. The van der Waals surface area contributed by atoms with E-state index in [9.17, 15) is 0 Å². The van der Waals surface area contributed by atoms with Crippen LogP contribution < -0.4 is 5.73 Å². The third-order valence-electron chi connectivity index (χ3n) is 2.61. The molecular weight excluding hydrogens is 252 g/mol. The number of nitrogens with two attached hydrogens (primary N) is 1. The average molecular weight is 268 g/mol. The summed E-state index contributed by atoms with van der Waals surface area (Å²) in [6, 6.07) is 4.69. The summed E-state index contributed by atoms with van der Waals surface area (Å²) < 4.78 is 3.87. The number of hydrogen-bond donors (Lipinski definition) is 1. The van der Waals surface area contributed by atoms with E-state index in [4.69, 9.17) is 5.73 Å². The second kappa shape index (κ2) is 5.57. The summed E-state index contributed by atoms with van der Waals surface area (Å²) in [5.41, 5.74) is 6.72. The lowest BCUT2D eigenvalue weighted by Crippen LogP contribution is -2.29. The highest BCUT2D eigenvalue weighted by atomic mass is 32.1. The Kier molecular flexibility index (Phi) is 4.09. The lowest BCUT2D eigenvalue weighted by Gasteiger charge is -2.24. The molecule has 2 N–H and O–H groups in total. The average Bonchev–Trinajstić information content (AvgIpc) is 2.90. The third-order valence-corrected chi connectivity index (χ3v) is 4.06. The Bertz CT molecular complexity index is 450. The highest BCUT2D eigenvalue weighted by Gasteiger charge is 2.15. The molecule has 0 saturated carbocycles. The minimum atomic E-state index is 0.457. The minimum Gasteiger partial charge on any atom is -0.388 e. The van der Waals surface area contributed by atoms with Gasteiger partial charge in [-0.2, -0.15) is 0 Å². The molecule has 17 heavy (non-hydrogen) atoms. The highest BCUT2D eigenvalue weighted by molar-refractivity contribution is 7.10. The van der Waals surface area contributed by atoms with E-state index in [0.717, 1.165) is 23.8 Å². The summed E-state index contributed by atoms with van der Waals surface area (Å²) in [5, 5.41) is 6.90. The van der Waals surface area contributed by atoms with E-state index in [1.165, 1.54) is 16.4 Å². The Labute approximate surface area is 109 Å². The van der Waals surface area contributed by atoms with Gasteiger partial charge in [-0.25, -0.2) is 0 Å². The Hall–Kier alpha value is -0.980. The topological polar surface area (TPSA) is 55.0 Å². The summed E-state index contributed by atoms with van der Waals surface area (Å²) in [4.78, 5) is 3.71. The molecule has 0 unspecified atom stereocenters. The van der Waals surface area contributed by atoms with Gasteiger partial charge in [0.05, 0.1) is 0 Å². The fourth-order valence-electron chi connectivity index (χ4n) is 1.54. The van der Waals surface area contributed by atoms with Gasteiger partial charge < -0.3 is 5.73 Å². The molecule has 0 spiro atoms. The smallest absolute Gasteiger partial charge is 0.132 e. The van der Waals surface area contributed by atoms with E-state index in [1.54, 1.807) is 11.3 Å². The van der Waals surface area contributed by atoms with Gasteiger partial charge in [-0.15, -0.1) is 16.4 Å². The van der Waals surface area contributed by atoms with Gasteiger partial charge in [0.15, 0.2) is 0 Å². The molecule has 2 heterocycles. The van der Waals surface area contributed by atoms with Crippen LogP contribution in [-0.2, 0) is 13.1 Å². The minimum absolute atomic E-state index is 0.457. The Morgan fingerprint density at radius 3 is 2.76 bits per heavy atom. The van der Waals surface area contributed by atoms with Crippen molar-refractivity contribution in [1.29, 1.82) is 0 Å². The van der Waals surface area contributed by atoms with Crippen LogP contribution in [0.1, 0.15) is 24.4 Å². The molecule has 2 rings (SSSR count). The lowest BCUT2D eigenvalue weighted by molar-refractivity contribution is 0.203. The van der Waals surface area contributed by atoms with E-state index in [-0.39, 0.29) is 0 Å². The number of nitrogens with zero attached hydrogens (tertiary/aromatic N) is 3. The first-order valence-electron chi connectivity index (χ1n) is 5.50. The summed E-state index contributed by atoms with van der Waals surface area (Å²) in [6.07, 6.45) is 0. The van der Waals surface area contributed by atoms with Crippen LogP contribution in [-0.4, -0.2) is 20.5 Å². The number of aromatic nitrogens is 2. The van der Waals surface area contributed by atoms with Gasteiger partial charge in [0, 0.05) is 35.5 Å². The second-order valence-electron chi connectivity index (χ2n) is 4.16. The van der Waals surface area contributed by atoms with Gasteiger partial charge >= 0.3 is 0 Å². The van der Waals surface area contributed by atoms with Crippen LogP contribution in [0.4, 0.5) is 5.00 Å². The highest BCUT2D eigenvalue weighted by Crippen LogP contribution is 2.19. The van der Waals surface area contributed by atoms with Crippen molar-refractivity contribution in [3.05, 3.63) is 28.1 Å². The SMILES string of the molecule is CC(C)N(Cc1cccs1)Cc1nnsc1N. The van der Waals surface area contributed by atoms with Crippen molar-refractivity contribution >= 4 is 27.9 Å². The van der Waals surface area contributed by atoms with Crippen LogP contribution in [0.25, 0.3) is 0 Å². The predicted molar refractivity (Wildman–Crippen MR) is 73.0 cm³/mol. The monoisotopic (exact) mass is 268 g/mol. The summed E-state index contributed by atoms with van der Waals surface area (Å²) in [6.45, 7) is 6.07. The van der Waals surface area contributed by atoms with E-state index < -0.39 is 0 Å². The molecule has 0 aliphatic heterocycles. The van der Waals surface area contributed by atoms with Crippen molar-refractivity contribution in [2.75, 3.05) is 5.73 Å². The lowest BCUT2D eigenvalue weighted by atomic mass is 10.2. The van der Waals surface area contributed by atoms with Gasteiger partial charge in [-0.3, -0.25) is 4.90 Å². The molecule has 92 valence electrons. The van der Waals surface area contributed by atoms with Crippen molar-refractivity contribution in [2.45, 2.75) is 33.0 Å². The van der Waals surface area contributed by atoms with Crippen LogP contribution in [0.15, 0.2) is 17.5 Å². The first-order valence-corrected chi connectivity index (χ1v) is 7.15. The molecule has 0 aliphatic carbocycles. The molecule has 0 fully saturated rings. The van der Waals surface area contributed by atoms with E-state index in [0.29, 0.717) is 6.04 Å². The standard InChI is InChI=1S/C11H16N4S2/c1-8(2)15(6-9-4-3-5-16-9)7-10-11(12)17-14-13-10/h3-5,8H,6-7,12H2,1-2H3. The molecule has 4 nitrogen and oxygen atoms in total. The van der Waals surface area contributed by atoms with Gasteiger partial charge in [0.2, 0.25) is 0 Å². The molecular formula is C11H16N4S2. The first-order chi connectivity index (χ1) is 8.16. The normalized spacial score (nSPS) is 11.5. The summed E-state index contributed by atoms with van der Waals surface area (Å²) in [5.74, 6) is 0. The number of rotatable bonds is 5. The van der Waals surface area contributed by atoms with Crippen molar-refractivity contribution in [2.24, 2.45) is 0 Å². The zero-order chi connectivity index (χ0) is 12.3. The fraction of sp³-hybridized carbons (Fsp3) is 0.455. The van der Waals surface area contributed by atoms with Crippen LogP contribution in [0, 0.1) is 0 Å². The molecule has 6 heteroatoms. The van der Waals surface area contributed by atoms with Gasteiger partial charge in [-0.1, -0.05) is 10.6 Å². The van der Waals surface area contributed by atoms with Crippen molar-refractivity contribution in [3.63, 3.8) is 0 Å². The summed E-state index contributed by atoms with van der Waals surface area (Å²) in [7, 11) is 0.